The number of phenols is 1. The van der Waals surface area contributed by atoms with Crippen LogP contribution < -0.4 is 11.1 Å². The van der Waals surface area contributed by atoms with E-state index in [0.29, 0.717) is 18.0 Å². The highest BCUT2D eigenvalue weighted by Gasteiger charge is 2.27. The molecule has 0 heterocycles. The molecule has 0 aliphatic heterocycles. The van der Waals surface area contributed by atoms with Crippen LogP contribution in [0, 0.1) is 11.7 Å². The highest BCUT2D eigenvalue weighted by Crippen LogP contribution is 2.21. The van der Waals surface area contributed by atoms with Gasteiger partial charge in [0, 0.05) is 12.6 Å². The van der Waals surface area contributed by atoms with E-state index in [-0.39, 0.29) is 24.1 Å². The Morgan fingerprint density at radius 3 is 2.83 bits per heavy atom. The zero-order chi connectivity index (χ0) is 13.1. The highest BCUT2D eigenvalue weighted by atomic mass is 19.1. The molecule has 0 bridgehead atoms. The van der Waals surface area contributed by atoms with Crippen LogP contribution in [0.4, 0.5) is 4.39 Å². The Hall–Kier alpha value is -1.62. The first-order valence-corrected chi connectivity index (χ1v) is 6.08. The van der Waals surface area contributed by atoms with Gasteiger partial charge in [-0.1, -0.05) is 6.07 Å². The van der Waals surface area contributed by atoms with Gasteiger partial charge in [-0.15, -0.1) is 0 Å². The Balaban J connectivity index is 1.99. The molecule has 1 aromatic rings. The van der Waals surface area contributed by atoms with Gasteiger partial charge in [-0.05, 0) is 37.0 Å². The monoisotopic (exact) mass is 252 g/mol. The van der Waals surface area contributed by atoms with Gasteiger partial charge in [0.25, 0.3) is 0 Å². The van der Waals surface area contributed by atoms with Crippen LogP contribution in [0.1, 0.15) is 18.4 Å². The van der Waals surface area contributed by atoms with Crippen molar-refractivity contribution in [3.63, 3.8) is 0 Å². The van der Waals surface area contributed by atoms with E-state index in [1.165, 1.54) is 12.1 Å². The number of nitrogens with two attached hydrogens (primary N) is 1. The Labute approximate surface area is 105 Å². The first-order valence-electron chi connectivity index (χ1n) is 6.08. The SMILES string of the molecule is NCC(Cc1ccc(O)c(F)c1)C(=O)NC1CC1. The Bertz CT molecular complexity index is 447. The van der Waals surface area contributed by atoms with Crippen molar-refractivity contribution in [2.75, 3.05) is 6.54 Å². The first-order chi connectivity index (χ1) is 8.60. The van der Waals surface area contributed by atoms with Crippen LogP contribution in [0.5, 0.6) is 5.75 Å². The summed E-state index contributed by atoms with van der Waals surface area (Å²) in [6.45, 7) is 0.223. The molecule has 1 aliphatic carbocycles. The number of nitrogens with one attached hydrogen (secondary N) is 1. The molecule has 5 heteroatoms. The molecule has 18 heavy (non-hydrogen) atoms. The summed E-state index contributed by atoms with van der Waals surface area (Å²) in [4.78, 5) is 11.8. The van der Waals surface area contributed by atoms with Crippen LogP contribution in [0.2, 0.25) is 0 Å². The van der Waals surface area contributed by atoms with Gasteiger partial charge in [0.15, 0.2) is 11.6 Å². The molecule has 0 radical (unpaired) electrons. The molecule has 0 aromatic heterocycles. The molecule has 1 atom stereocenters. The van der Waals surface area contributed by atoms with E-state index in [1.807, 2.05) is 0 Å². The number of rotatable bonds is 5. The number of hydrogen-bond donors (Lipinski definition) is 3. The number of amides is 1. The minimum absolute atomic E-state index is 0.0755. The largest absolute Gasteiger partial charge is 0.505 e. The molecule has 1 amide bonds. The van der Waals surface area contributed by atoms with Gasteiger partial charge in [0.1, 0.15) is 0 Å². The minimum atomic E-state index is -0.675. The van der Waals surface area contributed by atoms with Crippen LogP contribution in [-0.2, 0) is 11.2 Å². The maximum atomic E-state index is 13.2. The molecule has 1 aliphatic rings. The van der Waals surface area contributed by atoms with Crippen LogP contribution >= 0.6 is 0 Å². The molecule has 4 nitrogen and oxygen atoms in total. The molecule has 1 aromatic carbocycles. The van der Waals surface area contributed by atoms with E-state index < -0.39 is 5.82 Å². The van der Waals surface area contributed by atoms with Crippen molar-refractivity contribution < 1.29 is 14.3 Å². The second kappa shape index (κ2) is 5.35. The van der Waals surface area contributed by atoms with E-state index in [1.54, 1.807) is 6.07 Å². The van der Waals surface area contributed by atoms with Crippen molar-refractivity contribution >= 4 is 5.91 Å². The van der Waals surface area contributed by atoms with Gasteiger partial charge in [0.2, 0.25) is 5.91 Å². The number of halogens is 1. The van der Waals surface area contributed by atoms with E-state index in [4.69, 9.17) is 10.8 Å². The van der Waals surface area contributed by atoms with E-state index >= 15 is 0 Å². The summed E-state index contributed by atoms with van der Waals surface area (Å²) >= 11 is 0. The van der Waals surface area contributed by atoms with Gasteiger partial charge in [0.05, 0.1) is 5.92 Å². The van der Waals surface area contributed by atoms with Crippen molar-refractivity contribution in [3.8, 4) is 5.75 Å². The zero-order valence-corrected chi connectivity index (χ0v) is 10.0. The highest BCUT2D eigenvalue weighted by molar-refractivity contribution is 5.79. The molecule has 0 spiro atoms. The average Bonchev–Trinajstić information content (AvgIpc) is 3.14. The van der Waals surface area contributed by atoms with Gasteiger partial charge < -0.3 is 16.2 Å². The summed E-state index contributed by atoms with van der Waals surface area (Å²) in [6, 6.07) is 4.42. The van der Waals surface area contributed by atoms with E-state index in [2.05, 4.69) is 5.32 Å². The first kappa shape index (κ1) is 12.8. The number of hydrogen-bond acceptors (Lipinski definition) is 3. The molecule has 2 rings (SSSR count). The lowest BCUT2D eigenvalue weighted by atomic mass is 9.98. The van der Waals surface area contributed by atoms with Crippen molar-refractivity contribution in [1.29, 1.82) is 0 Å². The second-order valence-electron chi connectivity index (χ2n) is 4.71. The lowest BCUT2D eigenvalue weighted by molar-refractivity contribution is -0.124. The number of phenolic OH excluding ortho intramolecular Hbond substituents is 1. The van der Waals surface area contributed by atoms with E-state index in [0.717, 1.165) is 12.8 Å². The number of aromatic hydroxyl groups is 1. The molecular formula is C13H17FN2O2. The third-order valence-corrected chi connectivity index (χ3v) is 3.07. The van der Waals surface area contributed by atoms with E-state index in [9.17, 15) is 9.18 Å². The lowest BCUT2D eigenvalue weighted by Gasteiger charge is -2.14. The summed E-state index contributed by atoms with van der Waals surface area (Å²) in [6.07, 6.45) is 2.43. The third kappa shape index (κ3) is 3.20. The van der Waals surface area contributed by atoms with Crippen molar-refractivity contribution in [1.82, 2.24) is 5.32 Å². The number of carbonyl (C=O) groups is 1. The summed E-state index contributed by atoms with van der Waals surface area (Å²) in [5, 5.41) is 12.0. The second-order valence-corrected chi connectivity index (χ2v) is 4.71. The summed E-state index contributed by atoms with van der Waals surface area (Å²) < 4.78 is 13.2. The topological polar surface area (TPSA) is 75.3 Å². The van der Waals surface area contributed by atoms with Crippen LogP contribution in [0.15, 0.2) is 18.2 Å². The summed E-state index contributed by atoms with van der Waals surface area (Å²) in [5.41, 5.74) is 6.24. The van der Waals surface area contributed by atoms with Gasteiger partial charge in [-0.2, -0.15) is 0 Å². The predicted molar refractivity (Wildman–Crippen MR) is 65.5 cm³/mol. The van der Waals surface area contributed by atoms with Crippen molar-refractivity contribution in [2.45, 2.75) is 25.3 Å². The molecule has 0 saturated heterocycles. The smallest absolute Gasteiger partial charge is 0.224 e. The molecule has 1 saturated carbocycles. The Kier molecular flexibility index (Phi) is 3.81. The number of carbonyl (C=O) groups excluding carboxylic acids is 1. The quantitative estimate of drug-likeness (QED) is 0.729. The minimum Gasteiger partial charge on any atom is -0.505 e. The molecule has 98 valence electrons. The molecular weight excluding hydrogens is 235 g/mol. The lowest BCUT2D eigenvalue weighted by Crippen LogP contribution is -2.37. The van der Waals surface area contributed by atoms with Crippen molar-refractivity contribution in [3.05, 3.63) is 29.6 Å². The molecule has 4 N–H and O–H groups in total. The van der Waals surface area contributed by atoms with Crippen LogP contribution in [-0.4, -0.2) is 23.6 Å². The van der Waals surface area contributed by atoms with Crippen molar-refractivity contribution in [2.24, 2.45) is 11.7 Å². The molecule has 1 unspecified atom stereocenters. The zero-order valence-electron chi connectivity index (χ0n) is 10.0. The summed E-state index contributed by atoms with van der Waals surface area (Å²) in [5.74, 6) is -1.49. The third-order valence-electron chi connectivity index (χ3n) is 3.07. The normalized spacial score (nSPS) is 16.3. The predicted octanol–water partition coefficient (Wildman–Crippen LogP) is 0.927. The van der Waals surface area contributed by atoms with Gasteiger partial charge in [-0.3, -0.25) is 4.79 Å². The fraction of sp³-hybridized carbons (Fsp3) is 0.462. The number of benzene rings is 1. The maximum Gasteiger partial charge on any atom is 0.224 e. The fourth-order valence-corrected chi connectivity index (χ4v) is 1.79. The van der Waals surface area contributed by atoms with Gasteiger partial charge >= 0.3 is 0 Å². The average molecular weight is 252 g/mol. The molecule has 1 fully saturated rings. The maximum absolute atomic E-state index is 13.2. The Morgan fingerprint density at radius 1 is 1.56 bits per heavy atom. The summed E-state index contributed by atoms with van der Waals surface area (Å²) in [7, 11) is 0. The fourth-order valence-electron chi connectivity index (χ4n) is 1.79. The van der Waals surface area contributed by atoms with Gasteiger partial charge in [-0.25, -0.2) is 4.39 Å². The van der Waals surface area contributed by atoms with Crippen LogP contribution in [0.3, 0.4) is 0 Å². The van der Waals surface area contributed by atoms with Crippen LogP contribution in [0.25, 0.3) is 0 Å². The Morgan fingerprint density at radius 2 is 2.28 bits per heavy atom. The standard InChI is InChI=1S/C13H17FN2O2/c14-11-6-8(1-4-12(11)17)5-9(7-15)13(18)16-10-2-3-10/h1,4,6,9-10,17H,2-3,5,7,15H2,(H,16,18).